The van der Waals surface area contributed by atoms with E-state index in [-0.39, 0.29) is 24.7 Å². The van der Waals surface area contributed by atoms with Crippen molar-refractivity contribution in [2.75, 3.05) is 12.4 Å². The second-order valence-electron chi connectivity index (χ2n) is 5.29. The van der Waals surface area contributed by atoms with E-state index in [1.165, 1.54) is 17.8 Å². The van der Waals surface area contributed by atoms with Gasteiger partial charge in [-0.05, 0) is 25.3 Å². The van der Waals surface area contributed by atoms with Crippen LogP contribution in [0.2, 0.25) is 0 Å². The van der Waals surface area contributed by atoms with Gasteiger partial charge in [0.25, 0.3) is 0 Å². The van der Waals surface area contributed by atoms with E-state index in [1.807, 2.05) is 18.4 Å². The van der Waals surface area contributed by atoms with Crippen molar-refractivity contribution in [3.05, 3.63) is 17.7 Å². The number of rotatable bonds is 10. The highest BCUT2D eigenvalue weighted by Gasteiger charge is 2.31. The predicted octanol–water partition coefficient (Wildman–Crippen LogP) is 3.78. The Kier molecular flexibility index (Phi) is 8.61. The summed E-state index contributed by atoms with van der Waals surface area (Å²) in [4.78, 5) is 0. The number of nitrogens with zero attached hydrogens (tertiary/aromatic N) is 3. The van der Waals surface area contributed by atoms with Gasteiger partial charge in [0.1, 0.15) is 11.6 Å². The van der Waals surface area contributed by atoms with E-state index in [0.717, 1.165) is 11.0 Å². The Morgan fingerprint density at radius 2 is 2.08 bits per heavy atom. The molecule has 0 aliphatic carbocycles. The van der Waals surface area contributed by atoms with Gasteiger partial charge < -0.3 is 14.4 Å². The van der Waals surface area contributed by atoms with Gasteiger partial charge in [-0.25, -0.2) is 0 Å². The van der Waals surface area contributed by atoms with Crippen molar-refractivity contribution in [1.29, 1.82) is 0 Å². The lowest BCUT2D eigenvalue weighted by Gasteiger charge is -2.13. The Morgan fingerprint density at radius 1 is 1.38 bits per heavy atom. The van der Waals surface area contributed by atoms with E-state index in [9.17, 15) is 13.2 Å². The lowest BCUT2D eigenvalue weighted by atomic mass is 10.2. The number of hydrogen-bond donors (Lipinski definition) is 1. The number of ether oxygens (including phenoxy) is 1. The molecular weight excluding hydrogens is 343 g/mol. The lowest BCUT2D eigenvalue weighted by Crippen LogP contribution is -2.13. The summed E-state index contributed by atoms with van der Waals surface area (Å²) in [6, 6.07) is 0. The smallest absolute Gasteiger partial charge is 0.411 e. The van der Waals surface area contributed by atoms with Crippen LogP contribution in [0.1, 0.15) is 39.4 Å². The van der Waals surface area contributed by atoms with Gasteiger partial charge in [0.05, 0.1) is 0 Å². The molecular formula is C15H24F3N3O2S. The SMILES string of the molecule is CC/C(=C\C(C)CSc1nnc(CCCO)n1CC)OC(F)(F)F. The molecule has 0 aromatic carbocycles. The van der Waals surface area contributed by atoms with Crippen molar-refractivity contribution in [3.8, 4) is 0 Å². The summed E-state index contributed by atoms with van der Waals surface area (Å²) in [5.41, 5.74) is 0. The molecule has 1 aromatic rings. The molecule has 1 rings (SSSR count). The molecule has 0 amide bonds. The molecule has 0 radical (unpaired) electrons. The monoisotopic (exact) mass is 367 g/mol. The quantitative estimate of drug-likeness (QED) is 0.504. The van der Waals surface area contributed by atoms with Crippen LogP contribution in [0.4, 0.5) is 13.2 Å². The Bertz CT molecular complexity index is 533. The lowest BCUT2D eigenvalue weighted by molar-refractivity contribution is -0.306. The maximum atomic E-state index is 12.3. The van der Waals surface area contributed by atoms with E-state index in [0.29, 0.717) is 25.1 Å². The minimum atomic E-state index is -4.65. The summed E-state index contributed by atoms with van der Waals surface area (Å²) in [6.45, 7) is 6.24. The van der Waals surface area contributed by atoms with Crippen molar-refractivity contribution in [2.45, 2.75) is 58.1 Å². The number of aryl methyl sites for hydroxylation is 1. The molecule has 138 valence electrons. The van der Waals surface area contributed by atoms with Crippen LogP contribution in [0.15, 0.2) is 17.0 Å². The van der Waals surface area contributed by atoms with Gasteiger partial charge in [-0.3, -0.25) is 0 Å². The van der Waals surface area contributed by atoms with Gasteiger partial charge in [0.15, 0.2) is 5.16 Å². The molecule has 5 nitrogen and oxygen atoms in total. The molecule has 0 saturated carbocycles. The minimum absolute atomic E-state index is 0.0730. The molecule has 1 atom stereocenters. The van der Waals surface area contributed by atoms with E-state index in [2.05, 4.69) is 14.9 Å². The molecule has 0 aliphatic heterocycles. The zero-order valence-electron chi connectivity index (χ0n) is 14.1. The number of alkyl halides is 3. The molecule has 0 saturated heterocycles. The fraction of sp³-hybridized carbons (Fsp3) is 0.733. The van der Waals surface area contributed by atoms with E-state index < -0.39 is 6.36 Å². The maximum absolute atomic E-state index is 12.3. The topological polar surface area (TPSA) is 60.2 Å². The summed E-state index contributed by atoms with van der Waals surface area (Å²) in [6.07, 6.45) is -1.70. The van der Waals surface area contributed by atoms with E-state index >= 15 is 0 Å². The molecule has 1 N–H and O–H groups in total. The van der Waals surface area contributed by atoms with Crippen LogP contribution >= 0.6 is 11.8 Å². The first-order chi connectivity index (χ1) is 11.3. The molecule has 1 heterocycles. The maximum Gasteiger partial charge on any atom is 0.572 e. The van der Waals surface area contributed by atoms with Crippen LogP contribution in [0.5, 0.6) is 0 Å². The van der Waals surface area contributed by atoms with Crippen molar-refractivity contribution >= 4 is 11.8 Å². The largest absolute Gasteiger partial charge is 0.572 e. The van der Waals surface area contributed by atoms with Crippen LogP contribution in [0, 0.1) is 5.92 Å². The number of aliphatic hydroxyl groups excluding tert-OH is 1. The van der Waals surface area contributed by atoms with Crippen molar-refractivity contribution < 1.29 is 23.0 Å². The van der Waals surface area contributed by atoms with Gasteiger partial charge in [-0.2, -0.15) is 0 Å². The average molecular weight is 367 g/mol. The molecule has 0 fully saturated rings. The van der Waals surface area contributed by atoms with Gasteiger partial charge >= 0.3 is 6.36 Å². The second kappa shape index (κ2) is 9.93. The van der Waals surface area contributed by atoms with Gasteiger partial charge in [-0.15, -0.1) is 23.4 Å². The van der Waals surface area contributed by atoms with E-state index in [1.54, 1.807) is 6.92 Å². The summed E-state index contributed by atoms with van der Waals surface area (Å²) in [5.74, 6) is 1.21. The highest BCUT2D eigenvalue weighted by atomic mass is 32.2. The highest BCUT2D eigenvalue weighted by Crippen LogP contribution is 2.25. The molecule has 1 unspecified atom stereocenters. The van der Waals surface area contributed by atoms with Crippen LogP contribution < -0.4 is 0 Å². The third-order valence-corrected chi connectivity index (χ3v) is 4.46. The predicted molar refractivity (Wildman–Crippen MR) is 86.5 cm³/mol. The first-order valence-electron chi connectivity index (χ1n) is 7.92. The van der Waals surface area contributed by atoms with Crippen LogP contribution in [0.25, 0.3) is 0 Å². The summed E-state index contributed by atoms with van der Waals surface area (Å²) in [7, 11) is 0. The third kappa shape index (κ3) is 7.12. The summed E-state index contributed by atoms with van der Waals surface area (Å²) in [5, 5.41) is 17.9. The minimum Gasteiger partial charge on any atom is -0.411 e. The van der Waals surface area contributed by atoms with Crippen LogP contribution in [-0.4, -0.2) is 38.6 Å². The molecule has 1 aromatic heterocycles. The molecule has 0 bridgehead atoms. The zero-order chi connectivity index (χ0) is 18.2. The molecule has 9 heteroatoms. The summed E-state index contributed by atoms with van der Waals surface area (Å²) >= 11 is 1.45. The van der Waals surface area contributed by atoms with Crippen LogP contribution in [0.3, 0.4) is 0 Å². The first kappa shape index (κ1) is 20.8. The number of thioether (sulfide) groups is 1. The van der Waals surface area contributed by atoms with Crippen LogP contribution in [-0.2, 0) is 17.7 Å². The van der Waals surface area contributed by atoms with E-state index in [4.69, 9.17) is 5.11 Å². The fourth-order valence-electron chi connectivity index (χ4n) is 2.11. The van der Waals surface area contributed by atoms with Crippen molar-refractivity contribution in [2.24, 2.45) is 5.92 Å². The number of aliphatic hydroxyl groups is 1. The molecule has 0 spiro atoms. The van der Waals surface area contributed by atoms with Gasteiger partial charge in [0, 0.05) is 31.7 Å². The number of halogens is 3. The molecule has 24 heavy (non-hydrogen) atoms. The standard InChI is InChI=1S/C15H24F3N3O2S/c1-4-12(23-15(16,17)18)9-11(3)10-24-14-20-19-13(7-6-8-22)21(14)5-2/h9,11,22H,4-8,10H2,1-3H3/b12-9+. The third-order valence-electron chi connectivity index (χ3n) is 3.21. The van der Waals surface area contributed by atoms with Crippen molar-refractivity contribution in [3.63, 3.8) is 0 Å². The first-order valence-corrected chi connectivity index (χ1v) is 8.91. The average Bonchev–Trinajstić information content (AvgIpc) is 2.90. The number of allylic oxidation sites excluding steroid dienone is 2. The van der Waals surface area contributed by atoms with Crippen molar-refractivity contribution in [1.82, 2.24) is 14.8 Å². The zero-order valence-corrected chi connectivity index (χ0v) is 15.0. The highest BCUT2D eigenvalue weighted by molar-refractivity contribution is 7.99. The Morgan fingerprint density at radius 3 is 2.62 bits per heavy atom. The Hall–Kier alpha value is -1.22. The van der Waals surface area contributed by atoms with Gasteiger partial charge in [-0.1, -0.05) is 25.6 Å². The van der Waals surface area contributed by atoms with Gasteiger partial charge in [0.2, 0.25) is 0 Å². The molecule has 0 aliphatic rings. The number of hydrogen-bond acceptors (Lipinski definition) is 5. The normalized spacial score (nSPS) is 14.0. The number of aromatic nitrogens is 3. The fourth-order valence-corrected chi connectivity index (χ4v) is 3.11. The summed E-state index contributed by atoms with van der Waals surface area (Å²) < 4.78 is 42.8. The Balaban J connectivity index is 2.66. The second-order valence-corrected chi connectivity index (χ2v) is 6.28. The Labute approximate surface area is 144 Å².